The number of esters is 1. The molecule has 1 heterocycles. The summed E-state index contributed by atoms with van der Waals surface area (Å²) in [6, 6.07) is 9.20. The summed E-state index contributed by atoms with van der Waals surface area (Å²) in [6.07, 6.45) is 2.50. The van der Waals surface area contributed by atoms with E-state index in [9.17, 15) is 23.1 Å². The molecule has 1 N–H and O–H groups in total. The van der Waals surface area contributed by atoms with Gasteiger partial charge in [0.1, 0.15) is 5.75 Å². The monoisotopic (exact) mass is 403 g/mol. The minimum Gasteiger partial charge on any atom is -0.508 e. The molecule has 0 spiro atoms. The molecule has 0 radical (unpaired) electrons. The number of nitrogens with zero attached hydrogens (tertiary/aromatic N) is 1. The van der Waals surface area contributed by atoms with Crippen molar-refractivity contribution in [3.63, 3.8) is 0 Å². The number of rotatable bonds is 5. The third-order valence-corrected chi connectivity index (χ3v) is 5.84. The molecule has 0 saturated heterocycles. The molecule has 7 nitrogen and oxygen atoms in total. The van der Waals surface area contributed by atoms with Crippen molar-refractivity contribution in [3.8, 4) is 5.75 Å². The summed E-state index contributed by atoms with van der Waals surface area (Å²) in [5.41, 5.74) is 2.50. The van der Waals surface area contributed by atoms with Gasteiger partial charge in [0.05, 0.1) is 17.5 Å². The highest BCUT2D eigenvalue weighted by molar-refractivity contribution is 7.92. The SMILES string of the molecule is Cc1ccc(C(=O)OCC(=O)c2ccc3c(c2)CCCN3S(C)(=O)=O)cc1O. The molecule has 1 aliphatic rings. The minimum absolute atomic E-state index is 0.0223. The van der Waals surface area contributed by atoms with Gasteiger partial charge in [-0.05, 0) is 61.2 Å². The number of phenols is 1. The summed E-state index contributed by atoms with van der Waals surface area (Å²) >= 11 is 0. The van der Waals surface area contributed by atoms with Crippen LogP contribution < -0.4 is 4.31 Å². The van der Waals surface area contributed by atoms with Crippen molar-refractivity contribution in [1.29, 1.82) is 0 Å². The normalized spacial score (nSPS) is 13.7. The lowest BCUT2D eigenvalue weighted by Crippen LogP contribution is -2.34. The number of phenolic OH excluding ortho intramolecular Hbond substituents is 1. The molecule has 8 heteroatoms. The van der Waals surface area contributed by atoms with Gasteiger partial charge >= 0.3 is 5.97 Å². The number of hydrogen-bond donors (Lipinski definition) is 1. The van der Waals surface area contributed by atoms with E-state index in [0.717, 1.165) is 11.8 Å². The highest BCUT2D eigenvalue weighted by Crippen LogP contribution is 2.30. The molecule has 0 aliphatic carbocycles. The van der Waals surface area contributed by atoms with Crippen LogP contribution in [0.1, 0.15) is 38.3 Å². The van der Waals surface area contributed by atoms with Gasteiger partial charge in [0.2, 0.25) is 10.0 Å². The maximum atomic E-state index is 12.4. The van der Waals surface area contributed by atoms with Crippen LogP contribution >= 0.6 is 0 Å². The lowest BCUT2D eigenvalue weighted by Gasteiger charge is -2.29. The topological polar surface area (TPSA) is 101 Å². The van der Waals surface area contributed by atoms with Crippen LogP contribution in [0.5, 0.6) is 5.75 Å². The van der Waals surface area contributed by atoms with Crippen molar-refractivity contribution < 1.29 is 27.9 Å². The maximum absolute atomic E-state index is 12.4. The molecule has 0 aromatic heterocycles. The predicted molar refractivity (Wildman–Crippen MR) is 104 cm³/mol. The second-order valence-electron chi connectivity index (χ2n) is 6.78. The number of Topliss-reactive ketones (excluding diaryl/α,β-unsaturated/α-hetero) is 1. The van der Waals surface area contributed by atoms with Crippen molar-refractivity contribution in [2.75, 3.05) is 23.7 Å². The van der Waals surface area contributed by atoms with E-state index in [1.165, 1.54) is 22.5 Å². The lowest BCUT2D eigenvalue weighted by atomic mass is 9.99. The number of ether oxygens (including phenoxy) is 1. The minimum atomic E-state index is -3.37. The third kappa shape index (κ3) is 4.17. The first-order chi connectivity index (χ1) is 13.2. The summed E-state index contributed by atoms with van der Waals surface area (Å²) in [4.78, 5) is 24.5. The fraction of sp³-hybridized carbons (Fsp3) is 0.300. The van der Waals surface area contributed by atoms with E-state index < -0.39 is 22.6 Å². The van der Waals surface area contributed by atoms with Gasteiger partial charge in [-0.1, -0.05) is 6.07 Å². The maximum Gasteiger partial charge on any atom is 0.338 e. The summed E-state index contributed by atoms with van der Waals surface area (Å²) in [7, 11) is -3.37. The van der Waals surface area contributed by atoms with Crippen LogP contribution in [0.25, 0.3) is 0 Å². The number of aryl methyl sites for hydroxylation is 2. The van der Waals surface area contributed by atoms with Crippen LogP contribution in [-0.2, 0) is 21.2 Å². The lowest BCUT2D eigenvalue weighted by molar-refractivity contribution is 0.0474. The van der Waals surface area contributed by atoms with Crippen LogP contribution in [0.2, 0.25) is 0 Å². The van der Waals surface area contributed by atoms with Crippen LogP contribution in [0.3, 0.4) is 0 Å². The van der Waals surface area contributed by atoms with Gasteiger partial charge in [0.25, 0.3) is 0 Å². The Morgan fingerprint density at radius 3 is 2.54 bits per heavy atom. The molecule has 1 aliphatic heterocycles. The van der Waals surface area contributed by atoms with Gasteiger partial charge < -0.3 is 9.84 Å². The number of hydrogen-bond acceptors (Lipinski definition) is 6. The number of carbonyl (C=O) groups is 2. The summed E-state index contributed by atoms with van der Waals surface area (Å²) < 4.78 is 30.2. The molecule has 0 amide bonds. The van der Waals surface area contributed by atoms with E-state index in [0.29, 0.717) is 36.2 Å². The molecule has 0 unspecified atom stereocenters. The highest BCUT2D eigenvalue weighted by Gasteiger charge is 2.25. The Balaban J connectivity index is 1.71. The molecule has 28 heavy (non-hydrogen) atoms. The quantitative estimate of drug-likeness (QED) is 0.608. The van der Waals surface area contributed by atoms with E-state index in [-0.39, 0.29) is 17.1 Å². The van der Waals surface area contributed by atoms with Crippen molar-refractivity contribution in [1.82, 2.24) is 0 Å². The number of sulfonamides is 1. The third-order valence-electron chi connectivity index (χ3n) is 4.66. The van der Waals surface area contributed by atoms with E-state index in [1.54, 1.807) is 25.1 Å². The van der Waals surface area contributed by atoms with Gasteiger partial charge in [0.15, 0.2) is 12.4 Å². The van der Waals surface area contributed by atoms with E-state index in [2.05, 4.69) is 0 Å². The number of ketones is 1. The molecular formula is C20H21NO6S. The Bertz CT molecular complexity index is 1040. The van der Waals surface area contributed by atoms with E-state index in [4.69, 9.17) is 4.74 Å². The molecule has 2 aromatic carbocycles. The molecule has 148 valence electrons. The average molecular weight is 403 g/mol. The van der Waals surface area contributed by atoms with Gasteiger partial charge in [-0.15, -0.1) is 0 Å². The molecular weight excluding hydrogens is 382 g/mol. The Morgan fingerprint density at radius 2 is 1.86 bits per heavy atom. The fourth-order valence-electron chi connectivity index (χ4n) is 3.11. The summed E-state index contributed by atoms with van der Waals surface area (Å²) in [5, 5.41) is 9.67. The van der Waals surface area contributed by atoms with Crippen molar-refractivity contribution in [2.24, 2.45) is 0 Å². The second-order valence-corrected chi connectivity index (χ2v) is 8.69. The molecule has 2 aromatic rings. The Morgan fingerprint density at radius 1 is 1.14 bits per heavy atom. The number of anilines is 1. The first-order valence-electron chi connectivity index (χ1n) is 8.77. The molecule has 0 bridgehead atoms. The van der Waals surface area contributed by atoms with Crippen LogP contribution in [0.15, 0.2) is 36.4 Å². The molecule has 0 atom stereocenters. The second kappa shape index (κ2) is 7.63. The molecule has 0 saturated carbocycles. The van der Waals surface area contributed by atoms with Crippen molar-refractivity contribution in [2.45, 2.75) is 19.8 Å². The average Bonchev–Trinajstić information content (AvgIpc) is 2.66. The van der Waals surface area contributed by atoms with Gasteiger partial charge in [-0.2, -0.15) is 0 Å². The first-order valence-corrected chi connectivity index (χ1v) is 10.6. The number of aromatic hydroxyl groups is 1. The smallest absolute Gasteiger partial charge is 0.338 e. The Kier molecular flexibility index (Phi) is 5.42. The van der Waals surface area contributed by atoms with E-state index >= 15 is 0 Å². The van der Waals surface area contributed by atoms with Crippen molar-refractivity contribution in [3.05, 3.63) is 58.7 Å². The summed E-state index contributed by atoms with van der Waals surface area (Å²) in [5.74, 6) is -1.11. The number of benzene rings is 2. The van der Waals surface area contributed by atoms with Gasteiger partial charge in [-0.25, -0.2) is 13.2 Å². The van der Waals surface area contributed by atoms with Crippen LogP contribution in [-0.4, -0.2) is 44.7 Å². The fourth-order valence-corrected chi connectivity index (χ4v) is 4.11. The molecule has 0 fully saturated rings. The number of fused-ring (bicyclic) bond motifs is 1. The zero-order valence-corrected chi connectivity index (χ0v) is 16.5. The standard InChI is InChI=1S/C20H21NO6S/c1-13-5-6-16(11-18(13)22)20(24)27-12-19(23)15-7-8-17-14(10-15)4-3-9-21(17)28(2,25)26/h5-8,10-11,22H,3-4,9,12H2,1-2H3. The highest BCUT2D eigenvalue weighted by atomic mass is 32.2. The predicted octanol–water partition coefficient (Wildman–Crippen LogP) is 2.45. The van der Waals surface area contributed by atoms with Gasteiger partial charge in [-0.3, -0.25) is 9.10 Å². The first kappa shape index (κ1) is 19.9. The largest absolute Gasteiger partial charge is 0.508 e. The zero-order valence-electron chi connectivity index (χ0n) is 15.6. The van der Waals surface area contributed by atoms with E-state index in [1.807, 2.05) is 0 Å². The zero-order chi connectivity index (χ0) is 20.5. The Hall–Kier alpha value is -2.87. The Labute approximate surface area is 163 Å². The molecule has 3 rings (SSSR count). The number of carbonyl (C=O) groups excluding carboxylic acids is 2. The van der Waals surface area contributed by atoms with Crippen LogP contribution in [0.4, 0.5) is 5.69 Å². The van der Waals surface area contributed by atoms with Crippen molar-refractivity contribution >= 4 is 27.5 Å². The van der Waals surface area contributed by atoms with Gasteiger partial charge in [0, 0.05) is 12.1 Å². The summed E-state index contributed by atoms with van der Waals surface area (Å²) in [6.45, 7) is 1.68. The van der Waals surface area contributed by atoms with Crippen LogP contribution in [0, 0.1) is 6.92 Å².